The van der Waals surface area contributed by atoms with Crippen molar-refractivity contribution in [2.24, 2.45) is 0 Å². The van der Waals surface area contributed by atoms with Crippen LogP contribution in [0, 0.1) is 0 Å². The lowest BCUT2D eigenvalue weighted by Gasteiger charge is -2.25. The van der Waals surface area contributed by atoms with Crippen LogP contribution in [0.4, 0.5) is 0 Å². The van der Waals surface area contributed by atoms with Crippen molar-refractivity contribution in [2.45, 2.75) is 18.9 Å². The highest BCUT2D eigenvalue weighted by molar-refractivity contribution is 5.91. The van der Waals surface area contributed by atoms with Crippen molar-refractivity contribution in [3.8, 4) is 5.69 Å². The first kappa shape index (κ1) is 16.5. The summed E-state index contributed by atoms with van der Waals surface area (Å²) in [5, 5.41) is 11.4. The summed E-state index contributed by atoms with van der Waals surface area (Å²) in [6.45, 7) is 2.52. The number of nitrogens with zero attached hydrogens (tertiary/aromatic N) is 4. The standard InChI is InChI=1S/C19H21N5O2/c25-19(16-13-21-24(22-16)15-7-2-1-3-8-15)20-14-17(18-9-6-12-26-18)23-10-4-5-11-23/h1-3,6-9,12-13,17H,4-5,10-11,14H2,(H,20,25). The predicted octanol–water partition coefficient (Wildman–Crippen LogP) is 2.43. The number of likely N-dealkylation sites (tertiary alicyclic amines) is 1. The van der Waals surface area contributed by atoms with Gasteiger partial charge in [-0.1, -0.05) is 18.2 Å². The zero-order valence-electron chi connectivity index (χ0n) is 14.4. The van der Waals surface area contributed by atoms with Gasteiger partial charge >= 0.3 is 0 Å². The van der Waals surface area contributed by atoms with E-state index in [1.165, 1.54) is 23.8 Å². The fourth-order valence-corrected chi connectivity index (χ4v) is 3.28. The normalized spacial score (nSPS) is 15.8. The summed E-state index contributed by atoms with van der Waals surface area (Å²) in [6, 6.07) is 13.4. The van der Waals surface area contributed by atoms with Gasteiger partial charge in [0.25, 0.3) is 5.91 Å². The van der Waals surface area contributed by atoms with E-state index >= 15 is 0 Å². The maximum atomic E-state index is 12.5. The van der Waals surface area contributed by atoms with Gasteiger partial charge in [-0.15, -0.1) is 5.10 Å². The second kappa shape index (κ2) is 7.53. The molecule has 4 rings (SSSR count). The van der Waals surface area contributed by atoms with Crippen LogP contribution in [0.15, 0.2) is 59.3 Å². The summed E-state index contributed by atoms with van der Waals surface area (Å²) in [4.78, 5) is 16.3. The van der Waals surface area contributed by atoms with Crippen LogP contribution in [-0.2, 0) is 0 Å². The summed E-state index contributed by atoms with van der Waals surface area (Å²) in [5.74, 6) is 0.642. The Morgan fingerprint density at radius 3 is 2.69 bits per heavy atom. The lowest BCUT2D eigenvalue weighted by Crippen LogP contribution is -2.36. The number of para-hydroxylation sites is 1. The molecule has 1 amide bonds. The predicted molar refractivity (Wildman–Crippen MR) is 95.9 cm³/mol. The summed E-state index contributed by atoms with van der Waals surface area (Å²) >= 11 is 0. The first-order valence-electron chi connectivity index (χ1n) is 8.85. The number of rotatable bonds is 6. The molecule has 0 bridgehead atoms. The molecule has 1 aliphatic heterocycles. The molecule has 1 atom stereocenters. The molecule has 134 valence electrons. The molecule has 0 radical (unpaired) electrons. The summed E-state index contributed by atoms with van der Waals surface area (Å²) in [7, 11) is 0. The molecule has 7 nitrogen and oxygen atoms in total. The Morgan fingerprint density at radius 2 is 1.96 bits per heavy atom. The van der Waals surface area contributed by atoms with Crippen LogP contribution in [0.2, 0.25) is 0 Å². The number of hydrogen-bond donors (Lipinski definition) is 1. The van der Waals surface area contributed by atoms with Crippen LogP contribution in [0.1, 0.15) is 35.1 Å². The number of carbonyl (C=O) groups is 1. The van der Waals surface area contributed by atoms with E-state index in [0.717, 1.165) is 24.5 Å². The molecule has 1 aliphatic rings. The molecule has 26 heavy (non-hydrogen) atoms. The largest absolute Gasteiger partial charge is 0.468 e. The Bertz CT molecular complexity index is 838. The van der Waals surface area contributed by atoms with E-state index < -0.39 is 0 Å². The SMILES string of the molecule is O=C(NCC(c1ccco1)N1CCCC1)c1cnn(-c2ccccc2)n1. The number of aromatic nitrogens is 3. The summed E-state index contributed by atoms with van der Waals surface area (Å²) < 4.78 is 5.58. The van der Waals surface area contributed by atoms with Crippen LogP contribution in [0.25, 0.3) is 5.69 Å². The topological polar surface area (TPSA) is 76.2 Å². The Kier molecular flexibility index (Phi) is 4.79. The molecule has 1 saturated heterocycles. The van der Waals surface area contributed by atoms with Gasteiger partial charge in [0.05, 0.1) is 24.2 Å². The molecule has 0 aliphatic carbocycles. The Labute approximate surface area is 151 Å². The van der Waals surface area contributed by atoms with Crippen LogP contribution in [-0.4, -0.2) is 45.4 Å². The lowest BCUT2D eigenvalue weighted by atomic mass is 10.2. The van der Waals surface area contributed by atoms with Crippen molar-refractivity contribution in [3.05, 3.63) is 66.4 Å². The highest BCUT2D eigenvalue weighted by Crippen LogP contribution is 2.24. The van der Waals surface area contributed by atoms with Crippen molar-refractivity contribution < 1.29 is 9.21 Å². The van der Waals surface area contributed by atoms with Gasteiger partial charge < -0.3 is 9.73 Å². The van der Waals surface area contributed by atoms with Gasteiger partial charge in [0, 0.05) is 6.54 Å². The van der Waals surface area contributed by atoms with E-state index in [1.54, 1.807) is 6.26 Å². The maximum absolute atomic E-state index is 12.5. The second-order valence-corrected chi connectivity index (χ2v) is 6.34. The number of carbonyl (C=O) groups excluding carboxylic acids is 1. The maximum Gasteiger partial charge on any atom is 0.273 e. The number of furan rings is 1. The van der Waals surface area contributed by atoms with E-state index in [-0.39, 0.29) is 11.9 Å². The smallest absolute Gasteiger partial charge is 0.273 e. The van der Waals surface area contributed by atoms with Crippen molar-refractivity contribution in [3.63, 3.8) is 0 Å². The third-order valence-corrected chi connectivity index (χ3v) is 4.62. The van der Waals surface area contributed by atoms with Gasteiger partial charge in [-0.25, -0.2) is 0 Å². The van der Waals surface area contributed by atoms with Gasteiger partial charge in [-0.05, 0) is 50.2 Å². The fourth-order valence-electron chi connectivity index (χ4n) is 3.28. The minimum atomic E-state index is -0.233. The third-order valence-electron chi connectivity index (χ3n) is 4.62. The minimum absolute atomic E-state index is 0.0422. The molecule has 7 heteroatoms. The van der Waals surface area contributed by atoms with Crippen LogP contribution in [0.5, 0.6) is 0 Å². The van der Waals surface area contributed by atoms with Crippen molar-refractivity contribution in [1.82, 2.24) is 25.2 Å². The van der Waals surface area contributed by atoms with E-state index in [0.29, 0.717) is 12.2 Å². The van der Waals surface area contributed by atoms with Crippen LogP contribution in [0.3, 0.4) is 0 Å². The van der Waals surface area contributed by atoms with Crippen LogP contribution < -0.4 is 5.32 Å². The molecule has 0 spiro atoms. The highest BCUT2D eigenvalue weighted by Gasteiger charge is 2.26. The molecule has 0 saturated carbocycles. The minimum Gasteiger partial charge on any atom is -0.468 e. The number of benzene rings is 1. The Balaban J connectivity index is 1.43. The number of amides is 1. The Hall–Kier alpha value is -2.93. The summed E-state index contributed by atoms with van der Waals surface area (Å²) in [6.07, 6.45) is 5.51. The fraction of sp³-hybridized carbons (Fsp3) is 0.316. The van der Waals surface area contributed by atoms with Gasteiger partial charge in [-0.2, -0.15) is 9.90 Å². The molecule has 3 aromatic rings. The monoisotopic (exact) mass is 351 g/mol. The van der Waals surface area contributed by atoms with Crippen molar-refractivity contribution in [2.75, 3.05) is 19.6 Å². The van der Waals surface area contributed by atoms with E-state index in [2.05, 4.69) is 20.4 Å². The lowest BCUT2D eigenvalue weighted by molar-refractivity contribution is 0.0928. The zero-order valence-corrected chi connectivity index (χ0v) is 14.4. The van der Waals surface area contributed by atoms with Gasteiger partial charge in [0.1, 0.15) is 5.76 Å². The molecule has 1 aromatic carbocycles. The molecule has 1 unspecified atom stereocenters. The highest BCUT2D eigenvalue weighted by atomic mass is 16.3. The average Bonchev–Trinajstić information content (AvgIpc) is 3.44. The number of nitrogens with one attached hydrogen (secondary N) is 1. The molecule has 3 heterocycles. The van der Waals surface area contributed by atoms with E-state index in [9.17, 15) is 4.79 Å². The average molecular weight is 351 g/mol. The molecule has 1 N–H and O–H groups in total. The quantitative estimate of drug-likeness (QED) is 0.738. The zero-order chi connectivity index (χ0) is 17.8. The Morgan fingerprint density at radius 1 is 1.15 bits per heavy atom. The molecular formula is C19H21N5O2. The molecular weight excluding hydrogens is 330 g/mol. The van der Waals surface area contributed by atoms with Crippen molar-refractivity contribution in [1.29, 1.82) is 0 Å². The first-order chi connectivity index (χ1) is 12.8. The second-order valence-electron chi connectivity index (χ2n) is 6.34. The third kappa shape index (κ3) is 3.52. The van der Waals surface area contributed by atoms with Crippen LogP contribution >= 0.6 is 0 Å². The van der Waals surface area contributed by atoms with Gasteiger partial charge in [0.15, 0.2) is 5.69 Å². The van der Waals surface area contributed by atoms with Gasteiger partial charge in [-0.3, -0.25) is 9.69 Å². The first-order valence-corrected chi connectivity index (χ1v) is 8.85. The molecule has 2 aromatic heterocycles. The van der Waals surface area contributed by atoms with E-state index in [1.807, 2.05) is 42.5 Å². The number of hydrogen-bond acceptors (Lipinski definition) is 5. The van der Waals surface area contributed by atoms with Gasteiger partial charge in [0.2, 0.25) is 0 Å². The van der Waals surface area contributed by atoms with Crippen molar-refractivity contribution >= 4 is 5.91 Å². The molecule has 1 fully saturated rings. The van der Waals surface area contributed by atoms with E-state index in [4.69, 9.17) is 4.42 Å². The summed E-state index contributed by atoms with van der Waals surface area (Å²) in [5.41, 5.74) is 1.12.